The van der Waals surface area contributed by atoms with E-state index in [-0.39, 0.29) is 6.61 Å². The van der Waals surface area contributed by atoms with Gasteiger partial charge in [0.15, 0.2) is 0 Å². The van der Waals surface area contributed by atoms with Gasteiger partial charge in [0.1, 0.15) is 12.4 Å². The van der Waals surface area contributed by atoms with Gasteiger partial charge >= 0.3 is 0 Å². The van der Waals surface area contributed by atoms with E-state index in [0.29, 0.717) is 79.3 Å². The molecule has 0 amide bonds. The molecule has 0 aliphatic carbocycles. The molecule has 276 valence electrons. The van der Waals surface area contributed by atoms with Crippen molar-refractivity contribution in [1.82, 2.24) is 9.97 Å². The first-order valence-corrected chi connectivity index (χ1v) is 17.8. The number of nitrogens with zero attached hydrogens (tertiary/aromatic N) is 2. The molecular weight excluding hydrogens is 660 g/mol. The second-order valence-corrected chi connectivity index (χ2v) is 12.1. The van der Waals surface area contributed by atoms with Crippen molar-refractivity contribution in [3.05, 3.63) is 102 Å². The number of ether oxygens (including phenoxy) is 7. The van der Waals surface area contributed by atoms with Crippen LogP contribution in [0.15, 0.2) is 84.9 Å². The first-order chi connectivity index (χ1) is 25.6. The number of hydrogen-bond donors (Lipinski definition) is 1. The standard InChI is InChI=1S/C42H50N2O8/c1-31-14-15-36(42-39(31)43-40(33-10-6-4-7-11-33)41(44-42)34-12-8-5-9-13-34)37-29-38(52-27-26-50-23-22-48-19-18-46-3)32(2)28-35(37)30-51-25-24-49-21-20-47-17-16-45/h4-15,28-29,45H,16-27,30H2,1-3H3. The summed E-state index contributed by atoms with van der Waals surface area (Å²) in [6.07, 6.45) is 0. The molecule has 0 aliphatic heterocycles. The van der Waals surface area contributed by atoms with E-state index < -0.39 is 0 Å². The first kappa shape index (κ1) is 39.0. The van der Waals surface area contributed by atoms with Gasteiger partial charge in [0, 0.05) is 23.8 Å². The molecule has 0 aliphatic rings. The Morgan fingerprint density at radius 2 is 1.06 bits per heavy atom. The summed E-state index contributed by atoms with van der Waals surface area (Å²) in [7, 11) is 1.65. The van der Waals surface area contributed by atoms with E-state index in [9.17, 15) is 0 Å². The number of rotatable bonds is 23. The first-order valence-electron chi connectivity index (χ1n) is 17.8. The van der Waals surface area contributed by atoms with Crippen LogP contribution in [0.4, 0.5) is 0 Å². The average molecular weight is 711 g/mol. The Balaban J connectivity index is 1.45. The summed E-state index contributed by atoms with van der Waals surface area (Å²) in [6, 6.07) is 28.8. The maximum atomic E-state index is 8.88. The van der Waals surface area contributed by atoms with Crippen LogP contribution in [0.5, 0.6) is 5.75 Å². The van der Waals surface area contributed by atoms with Gasteiger partial charge in [0.2, 0.25) is 0 Å². The van der Waals surface area contributed by atoms with Crippen LogP contribution in [0, 0.1) is 13.8 Å². The largest absolute Gasteiger partial charge is 0.491 e. The van der Waals surface area contributed by atoms with Gasteiger partial charge in [-0.1, -0.05) is 72.8 Å². The van der Waals surface area contributed by atoms with Gasteiger partial charge in [-0.25, -0.2) is 9.97 Å². The van der Waals surface area contributed by atoms with Crippen LogP contribution in [-0.2, 0) is 35.0 Å². The number of benzene rings is 4. The fourth-order valence-corrected chi connectivity index (χ4v) is 5.71. The summed E-state index contributed by atoms with van der Waals surface area (Å²) in [5, 5.41) is 8.88. The van der Waals surface area contributed by atoms with E-state index >= 15 is 0 Å². The zero-order chi connectivity index (χ0) is 36.4. The quantitative estimate of drug-likeness (QED) is 0.0723. The highest BCUT2D eigenvalue weighted by Crippen LogP contribution is 2.39. The molecule has 10 heteroatoms. The van der Waals surface area contributed by atoms with Gasteiger partial charge < -0.3 is 38.3 Å². The van der Waals surface area contributed by atoms with Gasteiger partial charge in [-0.3, -0.25) is 0 Å². The Morgan fingerprint density at radius 1 is 0.519 bits per heavy atom. The minimum atomic E-state index is -0.00278. The molecule has 1 heterocycles. The minimum absolute atomic E-state index is 0.00278. The monoisotopic (exact) mass is 710 g/mol. The molecule has 5 aromatic rings. The Hall–Kier alpha value is -4.26. The second kappa shape index (κ2) is 21.3. The van der Waals surface area contributed by atoms with E-state index in [1.807, 2.05) is 43.3 Å². The maximum Gasteiger partial charge on any atom is 0.122 e. The minimum Gasteiger partial charge on any atom is -0.491 e. The summed E-state index contributed by atoms with van der Waals surface area (Å²) in [6.45, 7) is 9.39. The third kappa shape index (κ3) is 11.1. The third-order valence-corrected chi connectivity index (χ3v) is 8.34. The highest BCUT2D eigenvalue weighted by atomic mass is 16.6. The van der Waals surface area contributed by atoms with Gasteiger partial charge in [-0.05, 0) is 48.2 Å². The topological polar surface area (TPSA) is 111 Å². The van der Waals surface area contributed by atoms with Crippen molar-refractivity contribution in [1.29, 1.82) is 0 Å². The lowest BCUT2D eigenvalue weighted by atomic mass is 9.94. The van der Waals surface area contributed by atoms with Crippen LogP contribution in [-0.4, -0.2) is 101 Å². The zero-order valence-electron chi connectivity index (χ0n) is 30.5. The fourth-order valence-electron chi connectivity index (χ4n) is 5.71. The SMILES string of the molecule is COCCOCCOCCOc1cc(-c2ccc(C)c3nc(-c4ccccc4)c(-c4ccccc4)nc23)c(COCCOCCOCCO)cc1C. The summed E-state index contributed by atoms with van der Waals surface area (Å²) in [5.41, 5.74) is 10.2. The lowest BCUT2D eigenvalue weighted by Gasteiger charge is -2.19. The van der Waals surface area contributed by atoms with Crippen molar-refractivity contribution in [2.75, 3.05) is 86.4 Å². The predicted molar refractivity (Wildman–Crippen MR) is 203 cm³/mol. The number of hydrogen-bond acceptors (Lipinski definition) is 10. The highest BCUT2D eigenvalue weighted by Gasteiger charge is 2.20. The van der Waals surface area contributed by atoms with Crippen molar-refractivity contribution in [2.24, 2.45) is 0 Å². The van der Waals surface area contributed by atoms with Crippen LogP contribution in [0.1, 0.15) is 16.7 Å². The molecule has 0 spiro atoms. The highest BCUT2D eigenvalue weighted by molar-refractivity contribution is 5.97. The van der Waals surface area contributed by atoms with E-state index in [0.717, 1.165) is 67.1 Å². The van der Waals surface area contributed by atoms with Gasteiger partial charge in [0.25, 0.3) is 0 Å². The summed E-state index contributed by atoms with van der Waals surface area (Å²) in [5.74, 6) is 0.760. The van der Waals surface area contributed by atoms with Gasteiger partial charge in [-0.15, -0.1) is 0 Å². The van der Waals surface area contributed by atoms with E-state index in [1.165, 1.54) is 0 Å². The van der Waals surface area contributed by atoms with Crippen LogP contribution in [0.2, 0.25) is 0 Å². The lowest BCUT2D eigenvalue weighted by Crippen LogP contribution is -2.13. The molecule has 0 atom stereocenters. The molecule has 0 fully saturated rings. The van der Waals surface area contributed by atoms with Crippen molar-refractivity contribution >= 4 is 11.0 Å². The van der Waals surface area contributed by atoms with E-state index in [4.69, 9.17) is 48.2 Å². The molecule has 0 radical (unpaired) electrons. The average Bonchev–Trinajstić information content (AvgIpc) is 3.18. The Labute approximate surface area is 306 Å². The van der Waals surface area contributed by atoms with Crippen molar-refractivity contribution in [2.45, 2.75) is 20.5 Å². The van der Waals surface area contributed by atoms with E-state index in [2.05, 4.69) is 55.5 Å². The van der Waals surface area contributed by atoms with Crippen molar-refractivity contribution < 1.29 is 38.3 Å². The number of methoxy groups -OCH3 is 1. The Bertz CT molecular complexity index is 1800. The molecule has 1 aromatic heterocycles. The van der Waals surface area contributed by atoms with Gasteiger partial charge in [-0.2, -0.15) is 0 Å². The molecule has 1 N–H and O–H groups in total. The summed E-state index contributed by atoms with van der Waals surface area (Å²) < 4.78 is 39.6. The molecular formula is C42H50N2O8. The normalized spacial score (nSPS) is 11.4. The Kier molecular flexibility index (Phi) is 16.0. The summed E-state index contributed by atoms with van der Waals surface area (Å²) in [4.78, 5) is 10.7. The van der Waals surface area contributed by atoms with Gasteiger partial charge in [0.05, 0.1) is 102 Å². The van der Waals surface area contributed by atoms with Crippen LogP contribution < -0.4 is 4.74 Å². The molecule has 0 unspecified atom stereocenters. The predicted octanol–water partition coefficient (Wildman–Crippen LogP) is 6.85. The second-order valence-electron chi connectivity index (χ2n) is 12.1. The number of aliphatic hydroxyl groups is 1. The van der Waals surface area contributed by atoms with Crippen LogP contribution >= 0.6 is 0 Å². The maximum absolute atomic E-state index is 8.88. The molecule has 52 heavy (non-hydrogen) atoms. The Morgan fingerprint density at radius 3 is 1.65 bits per heavy atom. The molecule has 0 saturated carbocycles. The number of fused-ring (bicyclic) bond motifs is 1. The molecule has 0 bridgehead atoms. The zero-order valence-corrected chi connectivity index (χ0v) is 30.5. The molecule has 4 aromatic carbocycles. The number of aryl methyl sites for hydroxylation is 2. The van der Waals surface area contributed by atoms with Crippen molar-refractivity contribution in [3.8, 4) is 39.4 Å². The third-order valence-electron chi connectivity index (χ3n) is 8.34. The van der Waals surface area contributed by atoms with E-state index in [1.54, 1.807) is 7.11 Å². The lowest BCUT2D eigenvalue weighted by molar-refractivity contribution is 0.00455. The summed E-state index contributed by atoms with van der Waals surface area (Å²) >= 11 is 0. The van der Waals surface area contributed by atoms with Crippen molar-refractivity contribution in [3.63, 3.8) is 0 Å². The number of aromatic nitrogens is 2. The fraction of sp³-hybridized carbons (Fsp3) is 0.381. The molecule has 0 saturated heterocycles. The number of aliphatic hydroxyl groups excluding tert-OH is 1. The molecule has 10 nitrogen and oxygen atoms in total. The van der Waals surface area contributed by atoms with Crippen LogP contribution in [0.25, 0.3) is 44.7 Å². The van der Waals surface area contributed by atoms with Crippen LogP contribution in [0.3, 0.4) is 0 Å². The molecule has 5 rings (SSSR count). The smallest absolute Gasteiger partial charge is 0.122 e.